The summed E-state index contributed by atoms with van der Waals surface area (Å²) in [6.45, 7) is 3.97. The number of amides is 3. The minimum absolute atomic E-state index is 0.213. The number of likely N-dealkylation sites (tertiary alicyclic amines) is 2. The van der Waals surface area contributed by atoms with Gasteiger partial charge in [-0.1, -0.05) is 13.8 Å². The van der Waals surface area contributed by atoms with E-state index < -0.39 is 60.2 Å². The SMILES string of the molecule is CC(C)C(N)C(=O)NC(CC(=O)O)C(=O)N1CCCC1C(=O)N1CCCC1C(=O)O. The number of carboxylic acid groups (broad SMARTS) is 2. The lowest BCUT2D eigenvalue weighted by molar-refractivity contribution is -0.153. The van der Waals surface area contributed by atoms with Gasteiger partial charge in [-0.15, -0.1) is 0 Å². The van der Waals surface area contributed by atoms with Crippen molar-refractivity contribution in [2.45, 2.75) is 70.1 Å². The average molecular weight is 426 g/mol. The molecule has 2 saturated heterocycles. The molecule has 3 amide bonds. The van der Waals surface area contributed by atoms with Crippen LogP contribution < -0.4 is 11.1 Å². The molecule has 0 bridgehead atoms. The third-order valence-corrected chi connectivity index (χ3v) is 5.66. The maximum Gasteiger partial charge on any atom is 0.326 e. The second-order valence-corrected chi connectivity index (χ2v) is 8.15. The minimum atomic E-state index is -1.36. The molecule has 11 nitrogen and oxygen atoms in total. The van der Waals surface area contributed by atoms with Crippen LogP contribution >= 0.6 is 0 Å². The summed E-state index contributed by atoms with van der Waals surface area (Å²) in [7, 11) is 0. The van der Waals surface area contributed by atoms with E-state index in [1.54, 1.807) is 13.8 Å². The number of hydrogen-bond acceptors (Lipinski definition) is 6. The molecule has 30 heavy (non-hydrogen) atoms. The van der Waals surface area contributed by atoms with Crippen LogP contribution in [0.25, 0.3) is 0 Å². The molecule has 0 radical (unpaired) electrons. The van der Waals surface area contributed by atoms with Gasteiger partial charge in [-0.25, -0.2) is 4.79 Å². The maximum atomic E-state index is 13.1. The molecule has 0 spiro atoms. The van der Waals surface area contributed by atoms with Crippen molar-refractivity contribution in [3.63, 3.8) is 0 Å². The first kappa shape index (κ1) is 23.6. The number of rotatable bonds is 8. The zero-order valence-electron chi connectivity index (χ0n) is 17.2. The Kier molecular flexibility index (Phi) is 7.77. The number of nitrogens with zero attached hydrogens (tertiary/aromatic N) is 2. The van der Waals surface area contributed by atoms with Crippen LogP contribution in [0.2, 0.25) is 0 Å². The first-order valence-corrected chi connectivity index (χ1v) is 10.2. The molecule has 2 fully saturated rings. The molecule has 5 N–H and O–H groups in total. The topological polar surface area (TPSA) is 170 Å². The highest BCUT2D eigenvalue weighted by atomic mass is 16.4. The summed E-state index contributed by atoms with van der Waals surface area (Å²) in [5.41, 5.74) is 5.79. The Bertz CT molecular complexity index is 711. The van der Waals surface area contributed by atoms with E-state index in [1.165, 1.54) is 9.80 Å². The number of carbonyl (C=O) groups is 5. The summed E-state index contributed by atoms with van der Waals surface area (Å²) >= 11 is 0. The minimum Gasteiger partial charge on any atom is -0.481 e. The molecular weight excluding hydrogens is 396 g/mol. The molecule has 0 saturated carbocycles. The summed E-state index contributed by atoms with van der Waals surface area (Å²) < 4.78 is 0. The number of carbonyl (C=O) groups excluding carboxylic acids is 3. The highest BCUT2D eigenvalue weighted by Crippen LogP contribution is 2.25. The van der Waals surface area contributed by atoms with Crippen molar-refractivity contribution in [3.05, 3.63) is 0 Å². The number of aliphatic carboxylic acids is 2. The molecule has 0 aliphatic carbocycles. The summed E-state index contributed by atoms with van der Waals surface area (Å²) in [5.74, 6) is -4.35. The van der Waals surface area contributed by atoms with Crippen molar-refractivity contribution in [1.29, 1.82) is 0 Å². The zero-order valence-corrected chi connectivity index (χ0v) is 17.2. The quantitative estimate of drug-likeness (QED) is 0.383. The summed E-state index contributed by atoms with van der Waals surface area (Å²) in [6.07, 6.45) is 1.15. The Balaban J connectivity index is 2.17. The Morgan fingerprint density at radius 2 is 1.57 bits per heavy atom. The zero-order chi connectivity index (χ0) is 22.6. The summed E-state index contributed by atoms with van der Waals surface area (Å²) in [4.78, 5) is 63.6. The third-order valence-electron chi connectivity index (χ3n) is 5.66. The molecule has 2 heterocycles. The van der Waals surface area contributed by atoms with E-state index in [-0.39, 0.29) is 12.5 Å². The molecule has 0 aromatic heterocycles. The number of hydrogen-bond donors (Lipinski definition) is 4. The number of nitrogens with one attached hydrogen (secondary N) is 1. The first-order valence-electron chi connectivity index (χ1n) is 10.2. The predicted molar refractivity (Wildman–Crippen MR) is 104 cm³/mol. The van der Waals surface area contributed by atoms with Crippen molar-refractivity contribution < 1.29 is 34.2 Å². The third kappa shape index (κ3) is 5.26. The van der Waals surface area contributed by atoms with Gasteiger partial charge >= 0.3 is 11.9 Å². The average Bonchev–Trinajstić information content (AvgIpc) is 3.34. The van der Waals surface area contributed by atoms with Gasteiger partial charge in [-0.2, -0.15) is 0 Å². The molecular formula is C19H30N4O7. The lowest BCUT2D eigenvalue weighted by atomic mass is 10.0. The van der Waals surface area contributed by atoms with Crippen molar-refractivity contribution >= 4 is 29.7 Å². The van der Waals surface area contributed by atoms with Gasteiger partial charge in [0.05, 0.1) is 12.5 Å². The van der Waals surface area contributed by atoms with Crippen LogP contribution in [0.5, 0.6) is 0 Å². The molecule has 0 aromatic carbocycles. The molecule has 2 rings (SSSR count). The fraction of sp³-hybridized carbons (Fsp3) is 0.737. The highest BCUT2D eigenvalue weighted by molar-refractivity contribution is 5.96. The first-order chi connectivity index (χ1) is 14.0. The monoisotopic (exact) mass is 426 g/mol. The Morgan fingerprint density at radius 1 is 1.00 bits per heavy atom. The van der Waals surface area contributed by atoms with Gasteiger partial charge in [-0.3, -0.25) is 19.2 Å². The van der Waals surface area contributed by atoms with Crippen LogP contribution in [-0.4, -0.2) is 86.9 Å². The van der Waals surface area contributed by atoms with Gasteiger partial charge in [0.15, 0.2) is 0 Å². The van der Waals surface area contributed by atoms with Gasteiger partial charge in [0.2, 0.25) is 17.7 Å². The van der Waals surface area contributed by atoms with E-state index >= 15 is 0 Å². The normalized spacial score (nSPS) is 23.3. The fourth-order valence-electron chi connectivity index (χ4n) is 3.91. The maximum absolute atomic E-state index is 13.1. The van der Waals surface area contributed by atoms with Crippen LogP contribution in [0, 0.1) is 5.92 Å². The standard InChI is InChI=1S/C19H30N4O7/c1-10(2)15(20)16(26)21-11(9-14(24)25)17(27)22-7-3-5-12(22)18(28)23-8-4-6-13(23)19(29)30/h10-13,15H,3-9,20H2,1-2H3,(H,21,26)(H,24,25)(H,29,30). The summed E-state index contributed by atoms with van der Waals surface area (Å²) in [6, 6.07) is -4.06. The molecule has 2 aliphatic heterocycles. The van der Waals surface area contributed by atoms with E-state index in [2.05, 4.69) is 5.32 Å². The van der Waals surface area contributed by atoms with Gasteiger partial charge in [0.1, 0.15) is 18.1 Å². The predicted octanol–water partition coefficient (Wildman–Crippen LogP) is -1.00. The van der Waals surface area contributed by atoms with Crippen LogP contribution in [0.3, 0.4) is 0 Å². The second-order valence-electron chi connectivity index (χ2n) is 8.15. The van der Waals surface area contributed by atoms with Crippen molar-refractivity contribution in [1.82, 2.24) is 15.1 Å². The molecule has 11 heteroatoms. The Morgan fingerprint density at radius 3 is 2.10 bits per heavy atom. The summed E-state index contributed by atoms with van der Waals surface area (Å²) in [5, 5.41) is 20.9. The Hall–Kier alpha value is -2.69. The largest absolute Gasteiger partial charge is 0.481 e. The molecule has 2 aliphatic rings. The van der Waals surface area contributed by atoms with Gasteiger partial charge in [0.25, 0.3) is 0 Å². The van der Waals surface area contributed by atoms with E-state index in [9.17, 15) is 34.2 Å². The van der Waals surface area contributed by atoms with Gasteiger partial charge in [-0.05, 0) is 31.6 Å². The van der Waals surface area contributed by atoms with Crippen molar-refractivity contribution in [2.24, 2.45) is 11.7 Å². The van der Waals surface area contributed by atoms with E-state index in [0.29, 0.717) is 32.2 Å². The van der Waals surface area contributed by atoms with Crippen molar-refractivity contribution in [2.75, 3.05) is 13.1 Å². The van der Waals surface area contributed by atoms with Crippen LogP contribution in [-0.2, 0) is 24.0 Å². The second kappa shape index (κ2) is 9.88. The smallest absolute Gasteiger partial charge is 0.326 e. The van der Waals surface area contributed by atoms with Crippen LogP contribution in [0.15, 0.2) is 0 Å². The number of carboxylic acids is 2. The molecule has 4 atom stereocenters. The lowest BCUT2D eigenvalue weighted by Crippen LogP contribution is -2.57. The van der Waals surface area contributed by atoms with E-state index in [0.717, 1.165) is 0 Å². The van der Waals surface area contributed by atoms with Gasteiger partial charge < -0.3 is 31.1 Å². The van der Waals surface area contributed by atoms with E-state index in [4.69, 9.17) is 5.73 Å². The fourth-order valence-corrected chi connectivity index (χ4v) is 3.91. The Labute approximate surface area is 174 Å². The van der Waals surface area contributed by atoms with Crippen LogP contribution in [0.1, 0.15) is 46.0 Å². The molecule has 4 unspecified atom stereocenters. The number of nitrogens with two attached hydrogens (primary N) is 1. The van der Waals surface area contributed by atoms with E-state index in [1.807, 2.05) is 0 Å². The molecule has 0 aromatic rings. The van der Waals surface area contributed by atoms with Crippen molar-refractivity contribution in [3.8, 4) is 0 Å². The van der Waals surface area contributed by atoms with Crippen LogP contribution in [0.4, 0.5) is 0 Å². The lowest BCUT2D eigenvalue weighted by Gasteiger charge is -2.32. The molecule has 168 valence electrons. The van der Waals surface area contributed by atoms with Gasteiger partial charge in [0, 0.05) is 13.1 Å². The highest BCUT2D eigenvalue weighted by Gasteiger charge is 2.44.